The summed E-state index contributed by atoms with van der Waals surface area (Å²) in [5.41, 5.74) is 0. The Kier molecular flexibility index (Phi) is 2.68. The van der Waals surface area contributed by atoms with Gasteiger partial charge in [0.15, 0.2) is 5.89 Å². The van der Waals surface area contributed by atoms with E-state index in [9.17, 15) is 0 Å². The minimum atomic E-state index is 0.599. The summed E-state index contributed by atoms with van der Waals surface area (Å²) in [6, 6.07) is 0. The maximum Gasteiger partial charge on any atom is 0.195 e. The lowest BCUT2D eigenvalue weighted by molar-refractivity contribution is -0.00989. The second-order valence-corrected chi connectivity index (χ2v) is 6.93. The molecule has 4 aliphatic rings. The van der Waals surface area contributed by atoms with Crippen LogP contribution in [-0.2, 0) is 6.42 Å². The van der Waals surface area contributed by atoms with Gasteiger partial charge >= 0.3 is 0 Å². The lowest BCUT2D eigenvalue weighted by Crippen LogP contribution is -2.43. The molecule has 0 N–H and O–H groups in total. The third-order valence-corrected chi connectivity index (χ3v) is 5.62. The molecule has 2 nitrogen and oxygen atoms in total. The Bertz CT molecular complexity index is 413. The van der Waals surface area contributed by atoms with Crippen LogP contribution >= 0.6 is 11.6 Å². The van der Waals surface area contributed by atoms with Crippen molar-refractivity contribution in [2.24, 2.45) is 23.7 Å². The average molecular weight is 266 g/mol. The standard InChI is InChI=1S/C15H20ClNO/c16-2-1-14-17-8-13(18-14)15-11-4-9-3-10(6-11)7-12(15)5-9/h8-12,15H,1-7H2. The minimum Gasteiger partial charge on any atom is -0.445 e. The van der Waals surface area contributed by atoms with Crippen molar-refractivity contribution in [3.8, 4) is 0 Å². The first-order valence-electron chi connectivity index (χ1n) is 7.34. The molecule has 1 heterocycles. The zero-order valence-corrected chi connectivity index (χ0v) is 11.4. The number of oxazole rings is 1. The van der Waals surface area contributed by atoms with Crippen molar-refractivity contribution in [1.82, 2.24) is 4.98 Å². The van der Waals surface area contributed by atoms with Gasteiger partial charge in [0.2, 0.25) is 0 Å². The van der Waals surface area contributed by atoms with Crippen LogP contribution in [0, 0.1) is 23.7 Å². The van der Waals surface area contributed by atoms with Crippen molar-refractivity contribution in [3.05, 3.63) is 17.8 Å². The monoisotopic (exact) mass is 265 g/mol. The number of rotatable bonds is 3. The highest BCUT2D eigenvalue weighted by Gasteiger charge is 2.49. The molecule has 0 aliphatic heterocycles. The molecule has 0 radical (unpaired) electrons. The summed E-state index contributed by atoms with van der Waals surface area (Å²) in [5.74, 6) is 7.04. The third-order valence-electron chi connectivity index (χ3n) is 5.44. The van der Waals surface area contributed by atoms with Crippen molar-refractivity contribution in [2.75, 3.05) is 5.88 Å². The number of aryl methyl sites for hydroxylation is 1. The molecule has 0 aromatic carbocycles. The van der Waals surface area contributed by atoms with Gasteiger partial charge in [0.25, 0.3) is 0 Å². The number of nitrogens with zero attached hydrogens (tertiary/aromatic N) is 1. The second kappa shape index (κ2) is 4.26. The molecule has 4 aliphatic carbocycles. The van der Waals surface area contributed by atoms with Crippen LogP contribution < -0.4 is 0 Å². The number of hydrogen-bond acceptors (Lipinski definition) is 2. The topological polar surface area (TPSA) is 26.0 Å². The Hall–Kier alpha value is -0.500. The molecule has 0 amide bonds. The molecule has 1 aromatic rings. The third kappa shape index (κ3) is 1.72. The normalized spacial score (nSPS) is 41.5. The van der Waals surface area contributed by atoms with Crippen molar-refractivity contribution in [2.45, 2.75) is 44.4 Å². The first-order chi connectivity index (χ1) is 8.83. The van der Waals surface area contributed by atoms with Gasteiger partial charge in [-0.25, -0.2) is 4.98 Å². The van der Waals surface area contributed by atoms with E-state index < -0.39 is 0 Å². The molecular formula is C15H20ClNO. The maximum atomic E-state index is 5.95. The molecule has 4 fully saturated rings. The highest BCUT2D eigenvalue weighted by Crippen LogP contribution is 2.59. The van der Waals surface area contributed by atoms with Crippen LogP contribution in [-0.4, -0.2) is 10.9 Å². The van der Waals surface area contributed by atoms with Gasteiger partial charge in [-0.15, -0.1) is 11.6 Å². The van der Waals surface area contributed by atoms with Gasteiger partial charge in [0.1, 0.15) is 5.76 Å². The smallest absolute Gasteiger partial charge is 0.195 e. The number of halogens is 1. The maximum absolute atomic E-state index is 5.95. The molecule has 4 bridgehead atoms. The first kappa shape index (κ1) is 11.3. The van der Waals surface area contributed by atoms with E-state index in [1.165, 1.54) is 32.1 Å². The van der Waals surface area contributed by atoms with Gasteiger partial charge in [0.05, 0.1) is 6.20 Å². The Morgan fingerprint density at radius 1 is 1.11 bits per heavy atom. The van der Waals surface area contributed by atoms with Crippen LogP contribution in [0.15, 0.2) is 10.6 Å². The Balaban J connectivity index is 1.60. The van der Waals surface area contributed by atoms with Gasteiger partial charge in [-0.2, -0.15) is 0 Å². The largest absolute Gasteiger partial charge is 0.445 e. The molecule has 0 atom stereocenters. The molecule has 98 valence electrons. The van der Waals surface area contributed by atoms with Crippen LogP contribution in [0.3, 0.4) is 0 Å². The average Bonchev–Trinajstić information content (AvgIpc) is 2.76. The summed E-state index contributed by atoms with van der Waals surface area (Å²) >= 11 is 5.75. The van der Waals surface area contributed by atoms with Crippen LogP contribution in [0.25, 0.3) is 0 Å². The van der Waals surface area contributed by atoms with E-state index in [4.69, 9.17) is 16.0 Å². The van der Waals surface area contributed by atoms with Gasteiger partial charge in [-0.1, -0.05) is 0 Å². The van der Waals surface area contributed by atoms with E-state index in [1.807, 2.05) is 6.20 Å². The van der Waals surface area contributed by atoms with Crippen LogP contribution in [0.2, 0.25) is 0 Å². The van der Waals surface area contributed by atoms with E-state index in [0.717, 1.165) is 41.7 Å². The highest BCUT2D eigenvalue weighted by molar-refractivity contribution is 6.17. The fourth-order valence-corrected chi connectivity index (χ4v) is 5.23. The fraction of sp³-hybridized carbons (Fsp3) is 0.800. The van der Waals surface area contributed by atoms with Gasteiger partial charge in [-0.3, -0.25) is 0 Å². The van der Waals surface area contributed by atoms with Crippen molar-refractivity contribution >= 4 is 11.6 Å². The Morgan fingerprint density at radius 3 is 2.39 bits per heavy atom. The molecule has 5 rings (SSSR count). The zero-order chi connectivity index (χ0) is 12.1. The Labute approximate surface area is 113 Å². The molecule has 18 heavy (non-hydrogen) atoms. The van der Waals surface area contributed by atoms with E-state index in [-0.39, 0.29) is 0 Å². The summed E-state index contributed by atoms with van der Waals surface area (Å²) in [7, 11) is 0. The van der Waals surface area contributed by atoms with E-state index in [0.29, 0.717) is 11.8 Å². The molecule has 0 unspecified atom stereocenters. The van der Waals surface area contributed by atoms with E-state index in [2.05, 4.69) is 4.98 Å². The quantitative estimate of drug-likeness (QED) is 0.772. The highest BCUT2D eigenvalue weighted by atomic mass is 35.5. The lowest BCUT2D eigenvalue weighted by atomic mass is 9.51. The first-order valence-corrected chi connectivity index (χ1v) is 7.87. The summed E-state index contributed by atoms with van der Waals surface area (Å²) in [5, 5.41) is 0. The summed E-state index contributed by atoms with van der Waals surface area (Å²) in [6.45, 7) is 0. The van der Waals surface area contributed by atoms with E-state index >= 15 is 0 Å². The predicted molar refractivity (Wildman–Crippen MR) is 70.7 cm³/mol. The molecule has 3 heteroatoms. The van der Waals surface area contributed by atoms with Crippen LogP contribution in [0.4, 0.5) is 0 Å². The minimum absolute atomic E-state index is 0.599. The van der Waals surface area contributed by atoms with Crippen LogP contribution in [0.1, 0.15) is 49.7 Å². The van der Waals surface area contributed by atoms with E-state index in [1.54, 1.807) is 0 Å². The van der Waals surface area contributed by atoms with Crippen molar-refractivity contribution in [3.63, 3.8) is 0 Å². The van der Waals surface area contributed by atoms with Gasteiger partial charge in [-0.05, 0) is 55.8 Å². The van der Waals surface area contributed by atoms with Gasteiger partial charge < -0.3 is 4.42 Å². The number of hydrogen-bond donors (Lipinski definition) is 0. The second-order valence-electron chi connectivity index (χ2n) is 6.55. The van der Waals surface area contributed by atoms with Crippen molar-refractivity contribution in [1.29, 1.82) is 0 Å². The summed E-state index contributed by atoms with van der Waals surface area (Å²) in [4.78, 5) is 4.39. The number of aromatic nitrogens is 1. The number of alkyl halides is 1. The predicted octanol–water partition coefficient (Wildman–Crippen LogP) is 4.00. The molecule has 0 spiro atoms. The van der Waals surface area contributed by atoms with Crippen LogP contribution in [0.5, 0.6) is 0 Å². The lowest BCUT2D eigenvalue weighted by Gasteiger charge is -2.53. The molecular weight excluding hydrogens is 246 g/mol. The Morgan fingerprint density at radius 2 is 1.78 bits per heavy atom. The van der Waals surface area contributed by atoms with Crippen molar-refractivity contribution < 1.29 is 4.42 Å². The molecule has 0 saturated heterocycles. The summed E-state index contributed by atoms with van der Waals surface area (Å²) in [6.07, 6.45) is 9.98. The zero-order valence-electron chi connectivity index (χ0n) is 10.6. The summed E-state index contributed by atoms with van der Waals surface area (Å²) < 4.78 is 5.95. The fourth-order valence-electron chi connectivity index (χ4n) is 5.06. The SMILES string of the molecule is ClCCc1ncc(C2C3CC4CC(C3)CC2C4)o1. The molecule has 1 aromatic heterocycles. The van der Waals surface area contributed by atoms with Gasteiger partial charge in [0, 0.05) is 18.2 Å². The molecule has 4 saturated carbocycles.